The van der Waals surface area contributed by atoms with Gasteiger partial charge in [-0.25, -0.2) is 0 Å². The number of methoxy groups -OCH3 is 1. The summed E-state index contributed by atoms with van der Waals surface area (Å²) >= 11 is 0. The molecule has 2 aliphatic carbocycles. The van der Waals surface area contributed by atoms with Crippen molar-refractivity contribution in [2.45, 2.75) is 13.3 Å². The predicted molar refractivity (Wildman–Crippen MR) is 45.5 cm³/mol. The Hall–Kier alpha value is -1.05. The van der Waals surface area contributed by atoms with Gasteiger partial charge < -0.3 is 4.74 Å². The van der Waals surface area contributed by atoms with Gasteiger partial charge in [-0.1, -0.05) is 23.8 Å². The molecule has 64 valence electrons. The van der Waals surface area contributed by atoms with Crippen LogP contribution in [0.15, 0.2) is 23.8 Å². The zero-order valence-corrected chi connectivity index (χ0v) is 7.33. The van der Waals surface area contributed by atoms with Gasteiger partial charge in [0.15, 0.2) is 0 Å². The number of allylic oxidation sites excluding steroid dienone is 3. The van der Waals surface area contributed by atoms with Crippen LogP contribution in [-0.4, -0.2) is 13.1 Å². The Morgan fingerprint density at radius 3 is 2.92 bits per heavy atom. The van der Waals surface area contributed by atoms with Crippen LogP contribution in [0.3, 0.4) is 0 Å². The van der Waals surface area contributed by atoms with Crippen LogP contribution in [0.25, 0.3) is 0 Å². The van der Waals surface area contributed by atoms with Crippen molar-refractivity contribution in [1.82, 2.24) is 0 Å². The van der Waals surface area contributed by atoms with Gasteiger partial charge in [0, 0.05) is 5.92 Å². The monoisotopic (exact) mass is 164 g/mol. The number of fused-ring (bicyclic) bond motifs is 2. The van der Waals surface area contributed by atoms with Crippen molar-refractivity contribution in [3.8, 4) is 0 Å². The number of carbonyl (C=O) groups excluding carboxylic acids is 1. The van der Waals surface area contributed by atoms with E-state index in [9.17, 15) is 4.79 Å². The fourth-order valence-electron chi connectivity index (χ4n) is 2.07. The highest BCUT2D eigenvalue weighted by Gasteiger charge is 2.45. The number of esters is 1. The molecule has 2 atom stereocenters. The summed E-state index contributed by atoms with van der Waals surface area (Å²) in [6, 6.07) is 0. The maximum atomic E-state index is 11.4. The van der Waals surface area contributed by atoms with Crippen LogP contribution < -0.4 is 0 Å². The van der Waals surface area contributed by atoms with Crippen molar-refractivity contribution < 1.29 is 9.53 Å². The van der Waals surface area contributed by atoms with E-state index in [1.807, 2.05) is 13.0 Å². The first-order valence-electron chi connectivity index (χ1n) is 4.15. The van der Waals surface area contributed by atoms with E-state index >= 15 is 0 Å². The third-order valence-corrected chi connectivity index (χ3v) is 2.88. The number of rotatable bonds is 1. The highest BCUT2D eigenvalue weighted by atomic mass is 16.5. The molecule has 0 heterocycles. The molecule has 2 unspecified atom stereocenters. The molecule has 0 amide bonds. The summed E-state index contributed by atoms with van der Waals surface area (Å²) in [6.45, 7) is 1.94. The quantitative estimate of drug-likeness (QED) is 0.551. The van der Waals surface area contributed by atoms with Crippen LogP contribution in [0, 0.1) is 11.3 Å². The van der Waals surface area contributed by atoms with Crippen LogP contribution >= 0.6 is 0 Å². The topological polar surface area (TPSA) is 26.3 Å². The van der Waals surface area contributed by atoms with E-state index in [-0.39, 0.29) is 5.97 Å². The molecule has 2 aliphatic rings. The lowest BCUT2D eigenvalue weighted by Crippen LogP contribution is -2.31. The lowest BCUT2D eigenvalue weighted by atomic mass is 9.80. The lowest BCUT2D eigenvalue weighted by Gasteiger charge is -2.25. The molecule has 0 N–H and O–H groups in total. The molecule has 2 rings (SSSR count). The lowest BCUT2D eigenvalue weighted by molar-refractivity contribution is -0.150. The molecule has 2 bridgehead atoms. The van der Waals surface area contributed by atoms with E-state index in [1.54, 1.807) is 0 Å². The normalized spacial score (nSPS) is 36.8. The summed E-state index contributed by atoms with van der Waals surface area (Å²) in [6.07, 6.45) is 7.23. The van der Waals surface area contributed by atoms with Gasteiger partial charge >= 0.3 is 5.97 Å². The zero-order chi connectivity index (χ0) is 8.77. The van der Waals surface area contributed by atoms with Gasteiger partial charge in [0.1, 0.15) is 0 Å². The van der Waals surface area contributed by atoms with Crippen LogP contribution in [0.4, 0.5) is 0 Å². The third kappa shape index (κ3) is 0.779. The van der Waals surface area contributed by atoms with E-state index in [0.717, 1.165) is 6.42 Å². The Balaban J connectivity index is 2.32. The van der Waals surface area contributed by atoms with Crippen molar-refractivity contribution in [3.63, 3.8) is 0 Å². The standard InChI is InChI=1S/C10H12O2/c1-10(9(11)12-2)6-7-3-4-8(10)5-7/h3-4,6,8H,5H2,1-2H3. The van der Waals surface area contributed by atoms with Gasteiger partial charge in [-0.2, -0.15) is 0 Å². The number of hydrogen-bond acceptors (Lipinski definition) is 2. The molecule has 0 aliphatic heterocycles. The fourth-order valence-corrected chi connectivity index (χ4v) is 2.07. The molecular weight excluding hydrogens is 152 g/mol. The molecule has 0 fully saturated rings. The Kier molecular flexibility index (Phi) is 1.40. The summed E-state index contributed by atoms with van der Waals surface area (Å²) in [5.74, 6) is 0.215. The smallest absolute Gasteiger partial charge is 0.316 e. The number of carbonyl (C=O) groups is 1. The maximum Gasteiger partial charge on any atom is 0.316 e. The first kappa shape index (κ1) is 7.59. The minimum atomic E-state index is -0.390. The molecule has 0 aromatic heterocycles. The molecule has 12 heavy (non-hydrogen) atoms. The summed E-state index contributed by atoms with van der Waals surface area (Å²) in [5.41, 5.74) is 0.881. The highest BCUT2D eigenvalue weighted by Crippen LogP contribution is 2.47. The van der Waals surface area contributed by atoms with Gasteiger partial charge in [0.2, 0.25) is 0 Å². The minimum absolute atomic E-state index is 0.119. The number of ether oxygens (including phenoxy) is 1. The van der Waals surface area contributed by atoms with E-state index in [0.29, 0.717) is 5.92 Å². The van der Waals surface area contributed by atoms with Crippen molar-refractivity contribution in [1.29, 1.82) is 0 Å². The third-order valence-electron chi connectivity index (χ3n) is 2.88. The van der Waals surface area contributed by atoms with Gasteiger partial charge in [0.25, 0.3) is 0 Å². The summed E-state index contributed by atoms with van der Waals surface area (Å²) in [7, 11) is 1.45. The molecule has 2 heteroatoms. The molecule has 0 saturated carbocycles. The SMILES string of the molecule is COC(=O)C1(C)C=C2C=CC1C2. The van der Waals surface area contributed by atoms with Crippen molar-refractivity contribution in [2.24, 2.45) is 11.3 Å². The van der Waals surface area contributed by atoms with Crippen molar-refractivity contribution in [2.75, 3.05) is 7.11 Å². The van der Waals surface area contributed by atoms with Crippen molar-refractivity contribution in [3.05, 3.63) is 23.8 Å². The van der Waals surface area contributed by atoms with Crippen LogP contribution in [-0.2, 0) is 9.53 Å². The highest BCUT2D eigenvalue weighted by molar-refractivity contribution is 5.81. The average Bonchev–Trinajstić information content (AvgIpc) is 2.62. The van der Waals surface area contributed by atoms with Crippen LogP contribution in [0.5, 0.6) is 0 Å². The van der Waals surface area contributed by atoms with Gasteiger partial charge in [0.05, 0.1) is 12.5 Å². The number of hydrogen-bond donors (Lipinski definition) is 0. The van der Waals surface area contributed by atoms with Crippen LogP contribution in [0.2, 0.25) is 0 Å². The molecule has 2 nitrogen and oxygen atoms in total. The summed E-state index contributed by atoms with van der Waals surface area (Å²) in [4.78, 5) is 11.4. The van der Waals surface area contributed by atoms with Crippen LogP contribution in [0.1, 0.15) is 13.3 Å². The Morgan fingerprint density at radius 1 is 1.75 bits per heavy atom. The molecular formula is C10H12O2. The minimum Gasteiger partial charge on any atom is -0.468 e. The zero-order valence-electron chi connectivity index (χ0n) is 7.33. The largest absolute Gasteiger partial charge is 0.468 e. The van der Waals surface area contributed by atoms with Gasteiger partial charge in [-0.05, 0) is 13.3 Å². The molecule has 0 radical (unpaired) electrons. The second-order valence-corrected chi connectivity index (χ2v) is 3.66. The molecule has 0 aromatic carbocycles. The fraction of sp³-hybridized carbons (Fsp3) is 0.500. The first-order chi connectivity index (χ1) is 5.66. The second kappa shape index (κ2) is 2.22. The van der Waals surface area contributed by atoms with Gasteiger partial charge in [-0.15, -0.1) is 0 Å². The Morgan fingerprint density at radius 2 is 2.50 bits per heavy atom. The first-order valence-corrected chi connectivity index (χ1v) is 4.15. The summed E-state index contributed by atoms with van der Waals surface area (Å²) in [5, 5.41) is 0. The summed E-state index contributed by atoms with van der Waals surface area (Å²) < 4.78 is 4.77. The van der Waals surface area contributed by atoms with E-state index < -0.39 is 5.41 Å². The average molecular weight is 164 g/mol. The second-order valence-electron chi connectivity index (χ2n) is 3.66. The predicted octanol–water partition coefficient (Wildman–Crippen LogP) is 1.68. The molecule has 0 spiro atoms. The Bertz CT molecular complexity index is 288. The molecule has 0 saturated heterocycles. The van der Waals surface area contributed by atoms with E-state index in [2.05, 4.69) is 12.2 Å². The van der Waals surface area contributed by atoms with Gasteiger partial charge in [-0.3, -0.25) is 4.79 Å². The Labute approximate surface area is 71.9 Å². The van der Waals surface area contributed by atoms with Crippen molar-refractivity contribution >= 4 is 5.97 Å². The maximum absolute atomic E-state index is 11.4. The van der Waals surface area contributed by atoms with E-state index in [1.165, 1.54) is 12.7 Å². The van der Waals surface area contributed by atoms with E-state index in [4.69, 9.17) is 4.74 Å². The molecule has 0 aromatic rings.